The van der Waals surface area contributed by atoms with Crippen LogP contribution in [-0.4, -0.2) is 74.3 Å². The van der Waals surface area contributed by atoms with Crippen LogP contribution in [0.15, 0.2) is 23.3 Å². The molecule has 0 bridgehead atoms. The molecule has 0 saturated carbocycles. The molecule has 1 fully saturated rings. The van der Waals surface area contributed by atoms with Gasteiger partial charge in [0, 0.05) is 31.9 Å². The van der Waals surface area contributed by atoms with Crippen molar-refractivity contribution in [2.24, 2.45) is 10.7 Å². The number of pyridine rings is 1. The minimum atomic E-state index is 0. The molecule has 0 amide bonds. The molecule has 0 aliphatic carbocycles. The first kappa shape index (κ1) is 19.9. The van der Waals surface area contributed by atoms with Crippen molar-refractivity contribution in [1.29, 1.82) is 0 Å². The lowest BCUT2D eigenvalue weighted by molar-refractivity contribution is 0.0674. The topological polar surface area (TPSA) is 76.2 Å². The molecule has 0 atom stereocenters. The van der Waals surface area contributed by atoms with Gasteiger partial charge in [0.1, 0.15) is 6.61 Å². The smallest absolute Gasteiger partial charge is 0.213 e. The van der Waals surface area contributed by atoms with Gasteiger partial charge in [-0.25, -0.2) is 9.98 Å². The summed E-state index contributed by atoms with van der Waals surface area (Å²) in [6.45, 7) is 4.99. The summed E-state index contributed by atoms with van der Waals surface area (Å²) >= 11 is 0. The maximum Gasteiger partial charge on any atom is 0.213 e. The number of halogens is 1. The predicted octanol–water partition coefficient (Wildman–Crippen LogP) is 0.787. The van der Waals surface area contributed by atoms with Gasteiger partial charge in [-0.2, -0.15) is 0 Å². The molecule has 0 radical (unpaired) electrons. The highest BCUT2D eigenvalue weighted by atomic mass is 127. The Bertz CT molecular complexity index is 493. The molecule has 1 aliphatic rings. The highest BCUT2D eigenvalue weighted by molar-refractivity contribution is 14.0. The van der Waals surface area contributed by atoms with Crippen LogP contribution in [0.25, 0.3) is 0 Å². The summed E-state index contributed by atoms with van der Waals surface area (Å²) in [7, 11) is 4.02. The monoisotopic (exact) mass is 435 g/mol. The lowest BCUT2D eigenvalue weighted by Crippen LogP contribution is -2.44. The number of morpholine rings is 1. The van der Waals surface area contributed by atoms with E-state index in [9.17, 15) is 0 Å². The summed E-state index contributed by atoms with van der Waals surface area (Å²) < 4.78 is 10.9. The molecule has 23 heavy (non-hydrogen) atoms. The second kappa shape index (κ2) is 10.6. The van der Waals surface area contributed by atoms with Crippen LogP contribution in [0.3, 0.4) is 0 Å². The van der Waals surface area contributed by atoms with E-state index in [0.717, 1.165) is 25.2 Å². The van der Waals surface area contributed by atoms with Gasteiger partial charge in [-0.05, 0) is 25.7 Å². The average molecular weight is 435 g/mol. The van der Waals surface area contributed by atoms with E-state index in [1.165, 1.54) is 0 Å². The van der Waals surface area contributed by atoms with Crippen molar-refractivity contribution in [2.45, 2.75) is 6.54 Å². The number of hydrogen-bond acceptors (Lipinski definition) is 5. The summed E-state index contributed by atoms with van der Waals surface area (Å²) in [6.07, 6.45) is 1.74. The van der Waals surface area contributed by atoms with Crippen molar-refractivity contribution in [3.8, 4) is 5.88 Å². The molecule has 2 heterocycles. The first-order valence-electron chi connectivity index (χ1n) is 7.50. The van der Waals surface area contributed by atoms with Crippen LogP contribution in [0.1, 0.15) is 5.56 Å². The van der Waals surface area contributed by atoms with E-state index < -0.39 is 0 Å². The van der Waals surface area contributed by atoms with Crippen molar-refractivity contribution in [3.63, 3.8) is 0 Å². The van der Waals surface area contributed by atoms with E-state index in [4.69, 9.17) is 15.2 Å². The minimum Gasteiger partial charge on any atom is -0.476 e. The molecule has 2 N–H and O–H groups in total. The summed E-state index contributed by atoms with van der Waals surface area (Å²) in [6, 6.07) is 3.83. The Morgan fingerprint density at radius 3 is 2.87 bits per heavy atom. The Kier molecular flexibility index (Phi) is 9.19. The number of likely N-dealkylation sites (N-methyl/N-ethyl adjacent to an activating group) is 1. The summed E-state index contributed by atoms with van der Waals surface area (Å²) in [5.41, 5.74) is 7.05. The molecule has 2 rings (SSSR count). The summed E-state index contributed by atoms with van der Waals surface area (Å²) in [5.74, 6) is 1.19. The number of guanidine groups is 1. The second-order valence-corrected chi connectivity index (χ2v) is 5.43. The van der Waals surface area contributed by atoms with E-state index in [0.29, 0.717) is 38.2 Å². The van der Waals surface area contributed by atoms with Gasteiger partial charge < -0.3 is 25.0 Å². The van der Waals surface area contributed by atoms with Gasteiger partial charge in [-0.3, -0.25) is 0 Å². The molecule has 1 saturated heterocycles. The Balaban J connectivity index is 0.00000264. The fraction of sp³-hybridized carbons (Fsp3) is 0.600. The van der Waals surface area contributed by atoms with Crippen LogP contribution in [0, 0.1) is 0 Å². The molecular weight excluding hydrogens is 409 g/mol. The van der Waals surface area contributed by atoms with E-state index in [1.54, 1.807) is 6.20 Å². The number of nitrogens with two attached hydrogens (primary N) is 1. The molecule has 1 aromatic heterocycles. The highest BCUT2D eigenvalue weighted by Crippen LogP contribution is 2.10. The molecule has 1 aliphatic heterocycles. The van der Waals surface area contributed by atoms with Gasteiger partial charge in [0.15, 0.2) is 5.96 Å². The van der Waals surface area contributed by atoms with Gasteiger partial charge in [0.25, 0.3) is 0 Å². The zero-order valence-electron chi connectivity index (χ0n) is 13.8. The standard InChI is InChI=1S/C15H25N5O2.HI/c1-19(2)5-10-22-14-11-13(3-4-17-14)12-18-15(16)20-6-8-21-9-7-20;/h3-4,11H,5-10,12H2,1-2H3,(H2,16,18);1H. The third kappa shape index (κ3) is 7.32. The Hall–Kier alpha value is -1.13. The van der Waals surface area contributed by atoms with Crippen LogP contribution in [-0.2, 0) is 11.3 Å². The largest absolute Gasteiger partial charge is 0.476 e. The van der Waals surface area contributed by atoms with E-state index in [-0.39, 0.29) is 24.0 Å². The minimum absolute atomic E-state index is 0. The van der Waals surface area contributed by atoms with E-state index >= 15 is 0 Å². The maximum atomic E-state index is 6.02. The van der Waals surface area contributed by atoms with Crippen molar-refractivity contribution >= 4 is 29.9 Å². The number of ether oxygens (including phenoxy) is 2. The molecule has 130 valence electrons. The van der Waals surface area contributed by atoms with Crippen molar-refractivity contribution in [1.82, 2.24) is 14.8 Å². The Morgan fingerprint density at radius 2 is 2.17 bits per heavy atom. The molecule has 0 aromatic carbocycles. The van der Waals surface area contributed by atoms with Crippen LogP contribution < -0.4 is 10.5 Å². The van der Waals surface area contributed by atoms with E-state index in [2.05, 4.69) is 14.9 Å². The molecular formula is C15H26IN5O2. The van der Waals surface area contributed by atoms with Gasteiger partial charge in [-0.1, -0.05) is 0 Å². The summed E-state index contributed by atoms with van der Waals surface area (Å²) in [5, 5.41) is 0. The van der Waals surface area contributed by atoms with E-state index in [1.807, 2.05) is 31.1 Å². The van der Waals surface area contributed by atoms with Crippen molar-refractivity contribution in [3.05, 3.63) is 23.9 Å². The third-order valence-corrected chi connectivity index (χ3v) is 3.35. The lowest BCUT2D eigenvalue weighted by Gasteiger charge is -2.27. The van der Waals surface area contributed by atoms with Crippen LogP contribution >= 0.6 is 24.0 Å². The fourth-order valence-corrected chi connectivity index (χ4v) is 2.03. The Labute approximate surface area is 154 Å². The van der Waals surface area contributed by atoms with Crippen molar-refractivity contribution in [2.75, 3.05) is 53.6 Å². The van der Waals surface area contributed by atoms with Crippen LogP contribution in [0.5, 0.6) is 5.88 Å². The van der Waals surface area contributed by atoms with Gasteiger partial charge in [-0.15, -0.1) is 24.0 Å². The zero-order chi connectivity index (χ0) is 15.8. The van der Waals surface area contributed by atoms with Crippen molar-refractivity contribution < 1.29 is 9.47 Å². The Morgan fingerprint density at radius 1 is 1.43 bits per heavy atom. The number of rotatable bonds is 6. The predicted molar refractivity (Wildman–Crippen MR) is 101 cm³/mol. The number of nitrogens with zero attached hydrogens (tertiary/aromatic N) is 4. The number of aromatic nitrogens is 1. The molecule has 8 heteroatoms. The molecule has 7 nitrogen and oxygen atoms in total. The molecule has 0 spiro atoms. The average Bonchev–Trinajstić information content (AvgIpc) is 2.53. The molecule has 0 unspecified atom stereocenters. The number of aliphatic imine (C=N–C) groups is 1. The SMILES string of the molecule is CN(C)CCOc1cc(CN=C(N)N2CCOCC2)ccn1.I. The lowest BCUT2D eigenvalue weighted by atomic mass is 10.3. The normalized spacial score (nSPS) is 15.4. The maximum absolute atomic E-state index is 6.02. The number of hydrogen-bond donors (Lipinski definition) is 1. The van der Waals surface area contributed by atoms with Gasteiger partial charge >= 0.3 is 0 Å². The zero-order valence-corrected chi connectivity index (χ0v) is 16.1. The second-order valence-electron chi connectivity index (χ2n) is 5.43. The molecule has 1 aromatic rings. The highest BCUT2D eigenvalue weighted by Gasteiger charge is 2.11. The fourth-order valence-electron chi connectivity index (χ4n) is 2.03. The third-order valence-electron chi connectivity index (χ3n) is 3.35. The first-order chi connectivity index (χ1) is 10.6. The quantitative estimate of drug-likeness (QED) is 0.405. The van der Waals surface area contributed by atoms with Crippen LogP contribution in [0.4, 0.5) is 0 Å². The summed E-state index contributed by atoms with van der Waals surface area (Å²) in [4.78, 5) is 12.8. The van der Waals surface area contributed by atoms with Gasteiger partial charge in [0.2, 0.25) is 5.88 Å². The van der Waals surface area contributed by atoms with Gasteiger partial charge in [0.05, 0.1) is 19.8 Å². The first-order valence-corrected chi connectivity index (χ1v) is 7.50. The van der Waals surface area contributed by atoms with Crippen LogP contribution in [0.2, 0.25) is 0 Å².